The SMILES string of the molecule is CCNCCOc1cccc(Oc2ccccc2)c1.Cl. The highest BCUT2D eigenvalue weighted by atomic mass is 35.5. The standard InChI is InChI=1S/C16H19NO2.ClH/c1-2-17-11-12-18-15-9-6-10-16(13-15)19-14-7-4-3-5-8-14;/h3-10,13,17H,2,11-12H2,1H3;1H. The van der Waals surface area contributed by atoms with E-state index in [0.29, 0.717) is 6.61 Å². The lowest BCUT2D eigenvalue weighted by atomic mass is 10.3. The molecule has 0 saturated carbocycles. The van der Waals surface area contributed by atoms with Crippen LogP contribution >= 0.6 is 12.4 Å². The van der Waals surface area contributed by atoms with Gasteiger partial charge in [0.1, 0.15) is 23.9 Å². The quantitative estimate of drug-likeness (QED) is 0.786. The average molecular weight is 294 g/mol. The molecule has 0 spiro atoms. The van der Waals surface area contributed by atoms with E-state index in [1.807, 2.05) is 54.6 Å². The number of para-hydroxylation sites is 1. The molecule has 0 bridgehead atoms. The van der Waals surface area contributed by atoms with E-state index >= 15 is 0 Å². The van der Waals surface area contributed by atoms with Crippen LogP contribution in [-0.2, 0) is 0 Å². The first-order valence-electron chi connectivity index (χ1n) is 6.55. The van der Waals surface area contributed by atoms with Crippen LogP contribution in [0.15, 0.2) is 54.6 Å². The van der Waals surface area contributed by atoms with Gasteiger partial charge in [-0.25, -0.2) is 0 Å². The molecule has 0 aliphatic heterocycles. The minimum absolute atomic E-state index is 0. The number of likely N-dealkylation sites (N-methyl/N-ethyl adjacent to an activating group) is 1. The van der Waals surface area contributed by atoms with Gasteiger partial charge in [0.05, 0.1) is 0 Å². The summed E-state index contributed by atoms with van der Waals surface area (Å²) in [6.45, 7) is 4.54. The Morgan fingerprint density at radius 1 is 0.900 bits per heavy atom. The molecule has 1 N–H and O–H groups in total. The second kappa shape index (κ2) is 9.23. The normalized spacial score (nSPS) is 9.65. The minimum Gasteiger partial charge on any atom is -0.492 e. The molecule has 0 aliphatic rings. The molecule has 0 unspecified atom stereocenters. The van der Waals surface area contributed by atoms with Crippen LogP contribution in [-0.4, -0.2) is 19.7 Å². The third-order valence-corrected chi connectivity index (χ3v) is 2.58. The fourth-order valence-electron chi connectivity index (χ4n) is 1.67. The third-order valence-electron chi connectivity index (χ3n) is 2.58. The van der Waals surface area contributed by atoms with E-state index in [2.05, 4.69) is 12.2 Å². The van der Waals surface area contributed by atoms with Gasteiger partial charge in [0.25, 0.3) is 0 Å². The number of halogens is 1. The third kappa shape index (κ3) is 5.51. The molecule has 0 aliphatic carbocycles. The fourth-order valence-corrected chi connectivity index (χ4v) is 1.67. The summed E-state index contributed by atoms with van der Waals surface area (Å²) < 4.78 is 11.4. The zero-order valence-corrected chi connectivity index (χ0v) is 12.4. The van der Waals surface area contributed by atoms with Crippen LogP contribution in [0.1, 0.15) is 6.92 Å². The van der Waals surface area contributed by atoms with Gasteiger partial charge in [-0.2, -0.15) is 0 Å². The molecule has 4 heteroatoms. The molecule has 0 amide bonds. The zero-order valence-electron chi connectivity index (χ0n) is 11.5. The second-order valence-corrected chi connectivity index (χ2v) is 4.09. The molecule has 0 fully saturated rings. The monoisotopic (exact) mass is 293 g/mol. The molecule has 2 aromatic rings. The number of nitrogens with one attached hydrogen (secondary N) is 1. The Morgan fingerprint density at radius 3 is 2.35 bits per heavy atom. The van der Waals surface area contributed by atoms with E-state index in [1.54, 1.807) is 0 Å². The van der Waals surface area contributed by atoms with Crippen LogP contribution in [0.3, 0.4) is 0 Å². The maximum absolute atomic E-state index is 5.75. The van der Waals surface area contributed by atoms with E-state index in [1.165, 1.54) is 0 Å². The predicted octanol–water partition coefficient (Wildman–Crippen LogP) is 3.89. The molecule has 0 aromatic heterocycles. The fraction of sp³-hybridized carbons (Fsp3) is 0.250. The Labute approximate surface area is 126 Å². The lowest BCUT2D eigenvalue weighted by Gasteiger charge is -2.09. The van der Waals surface area contributed by atoms with Crippen molar-refractivity contribution in [2.24, 2.45) is 0 Å². The summed E-state index contributed by atoms with van der Waals surface area (Å²) in [7, 11) is 0. The first-order valence-corrected chi connectivity index (χ1v) is 6.55. The van der Waals surface area contributed by atoms with Crippen molar-refractivity contribution in [1.82, 2.24) is 5.32 Å². The lowest BCUT2D eigenvalue weighted by Crippen LogP contribution is -2.20. The predicted molar refractivity (Wildman–Crippen MR) is 84.2 cm³/mol. The van der Waals surface area contributed by atoms with Crippen LogP contribution in [0.5, 0.6) is 17.2 Å². The molecule has 108 valence electrons. The lowest BCUT2D eigenvalue weighted by molar-refractivity contribution is 0.314. The Bertz CT molecular complexity index is 491. The van der Waals surface area contributed by atoms with Crippen LogP contribution in [0.4, 0.5) is 0 Å². The molecular formula is C16H20ClNO2. The van der Waals surface area contributed by atoms with Crippen LogP contribution in [0, 0.1) is 0 Å². The Balaban J connectivity index is 0.00000200. The highest BCUT2D eigenvalue weighted by Gasteiger charge is 1.99. The summed E-state index contributed by atoms with van der Waals surface area (Å²) in [4.78, 5) is 0. The maximum atomic E-state index is 5.75. The number of benzene rings is 2. The molecule has 3 nitrogen and oxygen atoms in total. The molecular weight excluding hydrogens is 274 g/mol. The summed E-state index contributed by atoms with van der Waals surface area (Å²) in [6.07, 6.45) is 0. The van der Waals surface area contributed by atoms with Gasteiger partial charge in [0.2, 0.25) is 0 Å². The molecule has 0 saturated heterocycles. The van der Waals surface area contributed by atoms with Gasteiger partial charge in [0, 0.05) is 12.6 Å². The van der Waals surface area contributed by atoms with Gasteiger partial charge in [-0.15, -0.1) is 12.4 Å². The van der Waals surface area contributed by atoms with E-state index in [-0.39, 0.29) is 12.4 Å². The van der Waals surface area contributed by atoms with Gasteiger partial charge >= 0.3 is 0 Å². The van der Waals surface area contributed by atoms with Crippen molar-refractivity contribution < 1.29 is 9.47 Å². The summed E-state index contributed by atoms with van der Waals surface area (Å²) in [5.74, 6) is 2.44. The number of hydrogen-bond acceptors (Lipinski definition) is 3. The van der Waals surface area contributed by atoms with Crippen molar-refractivity contribution in [3.05, 3.63) is 54.6 Å². The average Bonchev–Trinajstić information content (AvgIpc) is 2.45. The molecule has 20 heavy (non-hydrogen) atoms. The highest BCUT2D eigenvalue weighted by Crippen LogP contribution is 2.24. The smallest absolute Gasteiger partial charge is 0.131 e. The number of ether oxygens (including phenoxy) is 2. The first-order chi connectivity index (χ1) is 9.38. The molecule has 2 rings (SSSR count). The van der Waals surface area contributed by atoms with E-state index in [0.717, 1.165) is 30.3 Å². The largest absolute Gasteiger partial charge is 0.492 e. The number of rotatable bonds is 7. The Kier molecular flexibility index (Phi) is 7.55. The van der Waals surface area contributed by atoms with Gasteiger partial charge in [-0.3, -0.25) is 0 Å². The zero-order chi connectivity index (χ0) is 13.3. The molecule has 2 aromatic carbocycles. The highest BCUT2D eigenvalue weighted by molar-refractivity contribution is 5.85. The van der Waals surface area contributed by atoms with Crippen molar-refractivity contribution in [1.29, 1.82) is 0 Å². The van der Waals surface area contributed by atoms with Gasteiger partial charge in [-0.1, -0.05) is 31.2 Å². The summed E-state index contributed by atoms with van der Waals surface area (Å²) in [6, 6.07) is 17.4. The number of hydrogen-bond donors (Lipinski definition) is 1. The van der Waals surface area contributed by atoms with Crippen molar-refractivity contribution in [2.75, 3.05) is 19.7 Å². The second-order valence-electron chi connectivity index (χ2n) is 4.09. The topological polar surface area (TPSA) is 30.5 Å². The molecule has 0 radical (unpaired) electrons. The molecule has 0 heterocycles. The summed E-state index contributed by atoms with van der Waals surface area (Å²) in [5, 5.41) is 3.22. The minimum atomic E-state index is 0. The van der Waals surface area contributed by atoms with Crippen LogP contribution in [0.25, 0.3) is 0 Å². The van der Waals surface area contributed by atoms with Gasteiger partial charge in [-0.05, 0) is 30.8 Å². The van der Waals surface area contributed by atoms with E-state index in [4.69, 9.17) is 9.47 Å². The van der Waals surface area contributed by atoms with Gasteiger partial charge < -0.3 is 14.8 Å². The van der Waals surface area contributed by atoms with Crippen molar-refractivity contribution >= 4 is 12.4 Å². The van der Waals surface area contributed by atoms with E-state index < -0.39 is 0 Å². The Morgan fingerprint density at radius 2 is 1.60 bits per heavy atom. The van der Waals surface area contributed by atoms with Crippen molar-refractivity contribution in [3.63, 3.8) is 0 Å². The molecule has 0 atom stereocenters. The van der Waals surface area contributed by atoms with Crippen LogP contribution < -0.4 is 14.8 Å². The van der Waals surface area contributed by atoms with Crippen molar-refractivity contribution in [2.45, 2.75) is 6.92 Å². The summed E-state index contributed by atoms with van der Waals surface area (Å²) >= 11 is 0. The van der Waals surface area contributed by atoms with Crippen LogP contribution in [0.2, 0.25) is 0 Å². The van der Waals surface area contributed by atoms with E-state index in [9.17, 15) is 0 Å². The maximum Gasteiger partial charge on any atom is 0.131 e. The summed E-state index contributed by atoms with van der Waals surface area (Å²) in [5.41, 5.74) is 0. The van der Waals surface area contributed by atoms with Crippen molar-refractivity contribution in [3.8, 4) is 17.2 Å². The first kappa shape index (κ1) is 16.3. The van der Waals surface area contributed by atoms with Gasteiger partial charge in [0.15, 0.2) is 0 Å². The Hall–Kier alpha value is -1.71.